The maximum absolute atomic E-state index is 13.0. The van der Waals surface area contributed by atoms with Crippen LogP contribution in [-0.4, -0.2) is 22.5 Å². The number of ether oxygens (including phenoxy) is 1. The van der Waals surface area contributed by atoms with Gasteiger partial charge in [-0.2, -0.15) is 0 Å². The first-order valence-corrected chi connectivity index (χ1v) is 9.72. The number of rotatable bonds is 5. The summed E-state index contributed by atoms with van der Waals surface area (Å²) < 4.78 is 12.8. The van der Waals surface area contributed by atoms with Crippen molar-refractivity contribution in [2.45, 2.75) is 44.2 Å². The molecule has 1 aliphatic carbocycles. The Morgan fingerprint density at radius 1 is 1.14 bits per heavy atom. The molecule has 0 aliphatic heterocycles. The molecule has 1 aromatic carbocycles. The summed E-state index contributed by atoms with van der Waals surface area (Å²) in [6, 6.07) is 12.7. The quantitative estimate of drug-likeness (QED) is 0.676. The zero-order chi connectivity index (χ0) is 19.5. The van der Waals surface area contributed by atoms with Crippen molar-refractivity contribution >= 4 is 23.0 Å². The predicted octanol–water partition coefficient (Wildman–Crippen LogP) is 4.12. The summed E-state index contributed by atoms with van der Waals surface area (Å²) >= 11 is 0. The topological polar surface area (TPSA) is 73.5 Å². The monoisotopic (exact) mass is 380 g/mol. The van der Waals surface area contributed by atoms with E-state index >= 15 is 0 Å². The van der Waals surface area contributed by atoms with E-state index in [9.17, 15) is 9.59 Å². The highest BCUT2D eigenvalue weighted by molar-refractivity contribution is 5.95. The van der Waals surface area contributed by atoms with Crippen LogP contribution >= 0.6 is 0 Å². The summed E-state index contributed by atoms with van der Waals surface area (Å²) in [4.78, 5) is 25.8. The molecule has 0 saturated heterocycles. The van der Waals surface area contributed by atoms with E-state index in [0.29, 0.717) is 16.8 Å². The summed E-state index contributed by atoms with van der Waals surface area (Å²) in [6.45, 7) is 0. The van der Waals surface area contributed by atoms with E-state index in [-0.39, 0.29) is 11.9 Å². The molecule has 1 amide bonds. The molecule has 0 unspecified atom stereocenters. The highest BCUT2D eigenvalue weighted by atomic mass is 16.5. The minimum atomic E-state index is -0.989. The molecule has 0 bridgehead atoms. The summed E-state index contributed by atoms with van der Waals surface area (Å²) in [5.74, 6) is -0.828. The molecular formula is C22H24N2O4. The van der Waals surface area contributed by atoms with Gasteiger partial charge in [0.05, 0.1) is 11.8 Å². The first kappa shape index (κ1) is 18.3. The number of carbonyl (C=O) groups is 2. The Kier molecular flexibility index (Phi) is 5.19. The van der Waals surface area contributed by atoms with Crippen LogP contribution in [0.5, 0.6) is 0 Å². The second kappa shape index (κ2) is 7.92. The van der Waals surface area contributed by atoms with Crippen molar-refractivity contribution in [1.29, 1.82) is 0 Å². The molecular weight excluding hydrogens is 356 g/mol. The second-order valence-electron chi connectivity index (χ2n) is 7.30. The van der Waals surface area contributed by atoms with Gasteiger partial charge in [-0.1, -0.05) is 49.6 Å². The van der Waals surface area contributed by atoms with Gasteiger partial charge in [0.2, 0.25) is 6.10 Å². The van der Waals surface area contributed by atoms with Gasteiger partial charge in [-0.25, -0.2) is 4.79 Å². The van der Waals surface area contributed by atoms with Crippen molar-refractivity contribution in [2.75, 3.05) is 0 Å². The number of nitrogens with zero attached hydrogens (tertiary/aromatic N) is 1. The molecule has 6 nitrogen and oxygen atoms in total. The average molecular weight is 380 g/mol. The lowest BCUT2D eigenvalue weighted by molar-refractivity contribution is -0.131. The van der Waals surface area contributed by atoms with Gasteiger partial charge in [-0.3, -0.25) is 4.79 Å². The van der Waals surface area contributed by atoms with Gasteiger partial charge in [0.15, 0.2) is 5.58 Å². The Balaban J connectivity index is 1.56. The van der Waals surface area contributed by atoms with Crippen molar-refractivity contribution in [3.05, 3.63) is 60.0 Å². The first-order chi connectivity index (χ1) is 13.6. The van der Waals surface area contributed by atoms with Gasteiger partial charge in [-0.15, -0.1) is 0 Å². The van der Waals surface area contributed by atoms with Crippen LogP contribution in [0.4, 0.5) is 0 Å². The summed E-state index contributed by atoms with van der Waals surface area (Å²) in [6.07, 6.45) is 5.95. The smallest absolute Gasteiger partial charge is 0.356 e. The van der Waals surface area contributed by atoms with Crippen molar-refractivity contribution in [1.82, 2.24) is 9.88 Å². The molecule has 1 saturated carbocycles. The number of carbonyl (C=O) groups excluding carboxylic acids is 2. The zero-order valence-corrected chi connectivity index (χ0v) is 15.9. The molecule has 146 valence electrons. The average Bonchev–Trinajstić information content (AvgIpc) is 3.30. The SMILES string of the molecule is Cn1c(C(=O)O[C@@H](C(=O)NC2CCCCC2)c2ccccc2)cc2occc21. The second-order valence-corrected chi connectivity index (χ2v) is 7.30. The van der Waals surface area contributed by atoms with Crippen molar-refractivity contribution in [2.24, 2.45) is 7.05 Å². The summed E-state index contributed by atoms with van der Waals surface area (Å²) in [5.41, 5.74) is 2.41. The number of benzene rings is 1. The number of nitrogens with one attached hydrogen (secondary N) is 1. The molecule has 1 fully saturated rings. The molecule has 2 aromatic heterocycles. The Morgan fingerprint density at radius 2 is 1.89 bits per heavy atom. The Morgan fingerprint density at radius 3 is 2.61 bits per heavy atom. The van der Waals surface area contributed by atoms with Gasteiger partial charge in [0, 0.05) is 30.8 Å². The number of hydrogen-bond donors (Lipinski definition) is 1. The normalized spacial score (nSPS) is 16.0. The number of furan rings is 1. The molecule has 0 spiro atoms. The van der Waals surface area contributed by atoms with E-state index in [1.165, 1.54) is 6.42 Å². The van der Waals surface area contributed by atoms with Gasteiger partial charge >= 0.3 is 5.97 Å². The minimum absolute atomic E-state index is 0.142. The van der Waals surface area contributed by atoms with E-state index in [2.05, 4.69) is 5.32 Å². The predicted molar refractivity (Wildman–Crippen MR) is 105 cm³/mol. The van der Waals surface area contributed by atoms with Crippen molar-refractivity contribution < 1.29 is 18.7 Å². The first-order valence-electron chi connectivity index (χ1n) is 9.72. The molecule has 1 aliphatic rings. The Labute approximate surface area is 163 Å². The van der Waals surface area contributed by atoms with E-state index < -0.39 is 12.1 Å². The van der Waals surface area contributed by atoms with E-state index in [4.69, 9.17) is 9.15 Å². The van der Waals surface area contributed by atoms with Crippen LogP contribution in [0.15, 0.2) is 53.1 Å². The number of amides is 1. The highest BCUT2D eigenvalue weighted by Crippen LogP contribution is 2.25. The van der Waals surface area contributed by atoms with Crippen LogP contribution in [0.25, 0.3) is 11.1 Å². The van der Waals surface area contributed by atoms with Crippen LogP contribution in [0, 0.1) is 0 Å². The summed E-state index contributed by atoms with van der Waals surface area (Å²) in [7, 11) is 1.77. The van der Waals surface area contributed by atoms with E-state index in [0.717, 1.165) is 31.2 Å². The van der Waals surface area contributed by atoms with Crippen LogP contribution in [0.2, 0.25) is 0 Å². The molecule has 4 rings (SSSR count). The molecule has 28 heavy (non-hydrogen) atoms. The van der Waals surface area contributed by atoms with Crippen LogP contribution in [0.3, 0.4) is 0 Å². The number of esters is 1. The van der Waals surface area contributed by atoms with Crippen molar-refractivity contribution in [3.63, 3.8) is 0 Å². The van der Waals surface area contributed by atoms with Crippen LogP contribution < -0.4 is 5.32 Å². The molecule has 1 atom stereocenters. The lowest BCUT2D eigenvalue weighted by Gasteiger charge is -2.25. The number of hydrogen-bond acceptors (Lipinski definition) is 4. The summed E-state index contributed by atoms with van der Waals surface area (Å²) in [5, 5.41) is 3.07. The number of aryl methyl sites for hydroxylation is 1. The highest BCUT2D eigenvalue weighted by Gasteiger charge is 2.29. The maximum Gasteiger partial charge on any atom is 0.356 e. The number of fused-ring (bicyclic) bond motifs is 1. The minimum Gasteiger partial charge on any atom is -0.463 e. The van der Waals surface area contributed by atoms with Gasteiger partial charge in [0.25, 0.3) is 5.91 Å². The lowest BCUT2D eigenvalue weighted by atomic mass is 9.95. The number of aromatic nitrogens is 1. The molecule has 0 radical (unpaired) electrons. The lowest BCUT2D eigenvalue weighted by Crippen LogP contribution is -2.40. The maximum atomic E-state index is 13.0. The molecule has 1 N–H and O–H groups in total. The Bertz CT molecular complexity index is 967. The van der Waals surface area contributed by atoms with E-state index in [1.807, 2.05) is 18.2 Å². The third-order valence-electron chi connectivity index (χ3n) is 5.39. The van der Waals surface area contributed by atoms with Gasteiger partial charge in [-0.05, 0) is 12.8 Å². The zero-order valence-electron chi connectivity index (χ0n) is 15.9. The molecule has 6 heteroatoms. The van der Waals surface area contributed by atoms with Crippen LogP contribution in [0.1, 0.15) is 54.3 Å². The fourth-order valence-electron chi connectivity index (χ4n) is 3.84. The van der Waals surface area contributed by atoms with Gasteiger partial charge in [0.1, 0.15) is 5.69 Å². The third kappa shape index (κ3) is 3.67. The van der Waals surface area contributed by atoms with Gasteiger partial charge < -0.3 is 19.0 Å². The molecule has 3 aromatic rings. The standard InChI is InChI=1S/C22H24N2O4/c1-24-17-12-13-27-19(17)14-18(24)22(26)28-20(15-8-4-2-5-9-15)21(25)23-16-10-6-3-7-11-16/h2,4-5,8-9,12-14,16,20H,3,6-7,10-11H2,1H3,(H,23,25)/t20-/m1/s1. The third-order valence-corrected chi connectivity index (χ3v) is 5.39. The Hall–Kier alpha value is -3.02. The van der Waals surface area contributed by atoms with E-state index in [1.54, 1.807) is 42.1 Å². The molecule has 2 heterocycles. The largest absolute Gasteiger partial charge is 0.463 e. The fourth-order valence-corrected chi connectivity index (χ4v) is 3.84. The van der Waals surface area contributed by atoms with Crippen molar-refractivity contribution in [3.8, 4) is 0 Å². The fraction of sp³-hybridized carbons (Fsp3) is 0.364. The van der Waals surface area contributed by atoms with Crippen LogP contribution in [-0.2, 0) is 16.6 Å².